The molecule has 8 aromatic rings. The molecule has 3 atom stereocenters. The lowest BCUT2D eigenvalue weighted by atomic mass is 9.69. The molecule has 0 amide bonds. The number of hydrogen-bond donors (Lipinski definition) is 1. The van der Waals surface area contributed by atoms with Crippen LogP contribution in [0.2, 0.25) is 0 Å². The molecule has 7 aromatic carbocycles. The number of rotatable bonds is 6. The van der Waals surface area contributed by atoms with Crippen molar-refractivity contribution in [2.45, 2.75) is 57.3 Å². The zero-order valence-electron chi connectivity index (χ0n) is 36.9. The van der Waals surface area contributed by atoms with E-state index < -0.39 is 0 Å². The summed E-state index contributed by atoms with van der Waals surface area (Å²) in [5.74, 6) is 1.43. The molecular formula is C62H52N2. The second kappa shape index (κ2) is 15.3. The van der Waals surface area contributed by atoms with Crippen LogP contribution in [-0.2, 0) is 5.41 Å². The van der Waals surface area contributed by atoms with Crippen LogP contribution in [0.15, 0.2) is 199 Å². The highest BCUT2D eigenvalue weighted by atomic mass is 14.9. The van der Waals surface area contributed by atoms with Gasteiger partial charge in [0.15, 0.2) is 0 Å². The van der Waals surface area contributed by atoms with Crippen molar-refractivity contribution in [2.75, 3.05) is 11.9 Å². The van der Waals surface area contributed by atoms with E-state index in [0.29, 0.717) is 17.8 Å². The van der Waals surface area contributed by atoms with Gasteiger partial charge in [-0.1, -0.05) is 160 Å². The number of fused-ring (bicyclic) bond motifs is 6. The van der Waals surface area contributed by atoms with Crippen molar-refractivity contribution in [2.24, 2.45) is 5.92 Å². The van der Waals surface area contributed by atoms with Crippen LogP contribution in [0.4, 0.5) is 5.69 Å². The summed E-state index contributed by atoms with van der Waals surface area (Å²) in [6.45, 7) is 8.23. The first-order chi connectivity index (χ1) is 31.4. The van der Waals surface area contributed by atoms with Crippen molar-refractivity contribution < 1.29 is 0 Å². The number of para-hydroxylation sites is 2. The second-order valence-corrected chi connectivity index (χ2v) is 19.1. The molecule has 2 heterocycles. The summed E-state index contributed by atoms with van der Waals surface area (Å²) in [5.41, 5.74) is 24.2. The van der Waals surface area contributed by atoms with Gasteiger partial charge >= 0.3 is 0 Å². The fraction of sp³-hybridized carbons (Fsp3) is 0.177. The summed E-state index contributed by atoms with van der Waals surface area (Å²) < 4.78 is 0. The molecule has 2 heteroatoms. The maximum atomic E-state index is 4.92. The molecule has 0 radical (unpaired) electrons. The minimum Gasteiger partial charge on any atom is -0.384 e. The normalized spacial score (nSPS) is 19.1. The number of nitrogens with one attached hydrogen (secondary N) is 1. The van der Waals surface area contributed by atoms with Gasteiger partial charge in [-0.05, 0) is 162 Å². The number of benzene rings is 7. The third kappa shape index (κ3) is 6.50. The molecule has 310 valence electrons. The van der Waals surface area contributed by atoms with Crippen molar-refractivity contribution in [3.05, 3.63) is 216 Å². The van der Waals surface area contributed by atoms with E-state index in [2.05, 4.69) is 202 Å². The van der Waals surface area contributed by atoms with Crippen LogP contribution in [0.3, 0.4) is 0 Å². The summed E-state index contributed by atoms with van der Waals surface area (Å²) in [4.78, 5) is 4.92. The van der Waals surface area contributed by atoms with Gasteiger partial charge in [0.1, 0.15) is 0 Å². The standard InChI is InChI=1S/C62H52N2/c1-39-29-31-64-61-52(39)18-10-20-55(61)51-36-49(35-50(37-51)54-19-9-15-44-16-11-30-63-60(44)54)48-33-46(40-12-5-4-6-13-40)32-47(34-48)42-23-21-41(22-24-42)45-25-27-56-58(38-45)62(2,3)57-28-26-43-14-7-8-17-53(43)59(56)57/h4-6,8-13,15-28,30,32-39,57,59,64H,7,14,29,31H2,1-3H3. The average molecular weight is 825 g/mol. The fourth-order valence-corrected chi connectivity index (χ4v) is 11.5. The van der Waals surface area contributed by atoms with Crippen LogP contribution in [0.1, 0.15) is 68.6 Å². The van der Waals surface area contributed by atoms with Gasteiger partial charge in [0.2, 0.25) is 0 Å². The van der Waals surface area contributed by atoms with Gasteiger partial charge in [-0.3, -0.25) is 4.98 Å². The minimum absolute atomic E-state index is 0.0562. The van der Waals surface area contributed by atoms with E-state index in [-0.39, 0.29) is 5.41 Å². The number of aromatic nitrogens is 1. The van der Waals surface area contributed by atoms with Crippen LogP contribution in [0.25, 0.3) is 77.7 Å². The molecule has 3 aliphatic carbocycles. The second-order valence-electron chi connectivity index (χ2n) is 19.1. The van der Waals surface area contributed by atoms with Gasteiger partial charge in [-0.2, -0.15) is 0 Å². The molecule has 0 fully saturated rings. The van der Waals surface area contributed by atoms with E-state index >= 15 is 0 Å². The summed E-state index contributed by atoms with van der Waals surface area (Å²) in [6, 6.07) is 59.2. The smallest absolute Gasteiger partial charge is 0.0780 e. The third-order valence-corrected chi connectivity index (χ3v) is 15.0. The molecule has 12 rings (SSSR count). The van der Waals surface area contributed by atoms with Crippen LogP contribution < -0.4 is 5.32 Å². The van der Waals surface area contributed by atoms with Gasteiger partial charge in [-0.15, -0.1) is 0 Å². The summed E-state index contributed by atoms with van der Waals surface area (Å²) >= 11 is 0. The highest BCUT2D eigenvalue weighted by molar-refractivity contribution is 5.97. The van der Waals surface area contributed by atoms with Crippen molar-refractivity contribution in [3.63, 3.8) is 0 Å². The number of anilines is 1. The highest BCUT2D eigenvalue weighted by Gasteiger charge is 2.47. The van der Waals surface area contributed by atoms with Crippen LogP contribution >= 0.6 is 0 Å². The maximum Gasteiger partial charge on any atom is 0.0780 e. The zero-order valence-corrected chi connectivity index (χ0v) is 36.9. The Kier molecular flexibility index (Phi) is 9.26. The predicted octanol–water partition coefficient (Wildman–Crippen LogP) is 16.4. The van der Waals surface area contributed by atoms with Gasteiger partial charge < -0.3 is 5.32 Å². The molecule has 1 aromatic heterocycles. The Bertz CT molecular complexity index is 3230. The summed E-state index contributed by atoms with van der Waals surface area (Å²) in [5, 5.41) is 4.95. The number of nitrogens with zero attached hydrogens (tertiary/aromatic N) is 1. The van der Waals surface area contributed by atoms with E-state index in [4.69, 9.17) is 4.98 Å². The maximum absolute atomic E-state index is 4.92. The number of allylic oxidation sites excluding steroid dienone is 6. The quantitative estimate of drug-likeness (QED) is 0.181. The SMILES string of the molecule is CC1CCNc2c(-c3cc(-c4cc(-c5ccccc5)cc(-c5ccc(-c6ccc7c(c6)C(C)(C)C6C=CC8=C(C=CCC8)C76)cc5)c4)cc(-c4cccc5cccnc45)c3)cccc21. The van der Waals surface area contributed by atoms with Crippen molar-refractivity contribution in [1.82, 2.24) is 4.98 Å². The third-order valence-electron chi connectivity index (χ3n) is 15.0. The van der Waals surface area contributed by atoms with Gasteiger partial charge in [0.05, 0.1) is 5.52 Å². The summed E-state index contributed by atoms with van der Waals surface area (Å²) in [6.07, 6.45) is 15.1. The van der Waals surface area contributed by atoms with Crippen molar-refractivity contribution in [3.8, 4) is 66.8 Å². The molecule has 1 aliphatic heterocycles. The molecule has 0 spiro atoms. The lowest BCUT2D eigenvalue weighted by molar-refractivity contribution is 0.387. The molecule has 0 saturated carbocycles. The van der Waals surface area contributed by atoms with E-state index in [1.54, 1.807) is 5.57 Å². The van der Waals surface area contributed by atoms with Crippen molar-refractivity contribution >= 4 is 16.6 Å². The van der Waals surface area contributed by atoms with Gasteiger partial charge in [0.25, 0.3) is 0 Å². The Balaban J connectivity index is 0.975. The lowest BCUT2D eigenvalue weighted by Gasteiger charge is -2.34. The lowest BCUT2D eigenvalue weighted by Crippen LogP contribution is -2.27. The number of pyridine rings is 1. The Morgan fingerprint density at radius 1 is 0.562 bits per heavy atom. The molecule has 1 N–H and O–H groups in total. The molecule has 3 unspecified atom stereocenters. The average Bonchev–Trinajstić information content (AvgIpc) is 3.59. The first-order valence-corrected chi connectivity index (χ1v) is 23.3. The Labute approximate surface area is 377 Å². The monoisotopic (exact) mass is 824 g/mol. The van der Waals surface area contributed by atoms with Gasteiger partial charge in [-0.25, -0.2) is 0 Å². The Morgan fingerprint density at radius 3 is 2.00 bits per heavy atom. The van der Waals surface area contributed by atoms with Crippen molar-refractivity contribution in [1.29, 1.82) is 0 Å². The fourth-order valence-electron chi connectivity index (χ4n) is 11.5. The van der Waals surface area contributed by atoms with Gasteiger partial charge in [0, 0.05) is 40.9 Å². The topological polar surface area (TPSA) is 24.9 Å². The minimum atomic E-state index is 0.0562. The molecule has 0 bridgehead atoms. The van der Waals surface area contributed by atoms with Crippen LogP contribution in [0.5, 0.6) is 0 Å². The molecular weight excluding hydrogens is 773 g/mol. The molecule has 2 nitrogen and oxygen atoms in total. The molecule has 4 aliphatic rings. The predicted molar refractivity (Wildman–Crippen MR) is 270 cm³/mol. The Morgan fingerprint density at radius 2 is 1.20 bits per heavy atom. The molecule has 0 saturated heterocycles. The Hall–Kier alpha value is -7.03. The van der Waals surface area contributed by atoms with E-state index in [0.717, 1.165) is 47.8 Å². The first-order valence-electron chi connectivity index (χ1n) is 23.3. The highest BCUT2D eigenvalue weighted by Crippen LogP contribution is 2.57. The van der Waals surface area contributed by atoms with E-state index in [1.807, 2.05) is 12.3 Å². The molecule has 64 heavy (non-hydrogen) atoms. The van der Waals surface area contributed by atoms with E-state index in [1.165, 1.54) is 83.6 Å². The zero-order chi connectivity index (χ0) is 42.9. The van der Waals surface area contributed by atoms with Crippen LogP contribution in [0, 0.1) is 5.92 Å². The first kappa shape index (κ1) is 38.6. The van der Waals surface area contributed by atoms with Crippen LogP contribution in [-0.4, -0.2) is 11.5 Å². The largest absolute Gasteiger partial charge is 0.384 e. The van der Waals surface area contributed by atoms with E-state index in [9.17, 15) is 0 Å². The summed E-state index contributed by atoms with van der Waals surface area (Å²) in [7, 11) is 0. The number of hydrogen-bond acceptors (Lipinski definition) is 2.